The minimum atomic E-state index is -4.47. The van der Waals surface area contributed by atoms with Crippen molar-refractivity contribution in [1.29, 1.82) is 0 Å². The highest BCUT2D eigenvalue weighted by atomic mass is 19.4. The molecule has 0 saturated carbocycles. The van der Waals surface area contributed by atoms with Crippen molar-refractivity contribution in [2.75, 3.05) is 13.2 Å². The average Bonchev–Trinajstić information content (AvgIpc) is 3.55. The highest BCUT2D eigenvalue weighted by molar-refractivity contribution is 5.88. The fourth-order valence-electron chi connectivity index (χ4n) is 6.23. The molecule has 1 aliphatic heterocycles. The zero-order valence-electron chi connectivity index (χ0n) is 27.0. The largest absolute Gasteiger partial charge is 0.492 e. The highest BCUT2D eigenvalue weighted by Gasteiger charge is 2.39. The molecule has 6 rings (SSSR count). The zero-order chi connectivity index (χ0) is 35.0. The minimum absolute atomic E-state index is 0.0758. The van der Waals surface area contributed by atoms with Crippen molar-refractivity contribution in [3.63, 3.8) is 0 Å². The number of aliphatic carboxylic acids is 1. The number of aromatic nitrogens is 2. The third-order valence-corrected chi connectivity index (χ3v) is 9.00. The van der Waals surface area contributed by atoms with Gasteiger partial charge in [0.1, 0.15) is 12.4 Å². The summed E-state index contributed by atoms with van der Waals surface area (Å²) in [6, 6.07) is 24.7. The number of pyridine rings is 1. The summed E-state index contributed by atoms with van der Waals surface area (Å²) >= 11 is 0. The fourth-order valence-corrected chi connectivity index (χ4v) is 6.23. The first-order valence-corrected chi connectivity index (χ1v) is 16.0. The Morgan fingerprint density at radius 1 is 1.00 bits per heavy atom. The molecule has 5 aromatic rings. The van der Waals surface area contributed by atoms with Gasteiger partial charge in [0.2, 0.25) is 0 Å². The summed E-state index contributed by atoms with van der Waals surface area (Å²) in [5, 5.41) is 13.9. The molecule has 0 aliphatic carbocycles. The maximum absolute atomic E-state index is 13.8. The molecule has 0 spiro atoms. The molecule has 256 valence electrons. The van der Waals surface area contributed by atoms with Gasteiger partial charge in [-0.25, -0.2) is 8.78 Å². The van der Waals surface area contributed by atoms with Crippen LogP contribution in [0.4, 0.5) is 22.0 Å². The molecular formula is C38H36F5N3O3. The molecule has 6 nitrogen and oxygen atoms in total. The molecule has 49 heavy (non-hydrogen) atoms. The Labute approximate surface area is 280 Å². The van der Waals surface area contributed by atoms with Crippen molar-refractivity contribution in [3.8, 4) is 17.0 Å². The molecule has 3 aromatic carbocycles. The second kappa shape index (κ2) is 13.3. The van der Waals surface area contributed by atoms with Gasteiger partial charge in [-0.3, -0.25) is 9.78 Å². The number of carboxylic acids is 1. The summed E-state index contributed by atoms with van der Waals surface area (Å²) in [6.45, 7) is 3.53. The Kier molecular flexibility index (Phi) is 9.23. The molecule has 1 unspecified atom stereocenters. The quantitative estimate of drug-likeness (QED) is 0.137. The summed E-state index contributed by atoms with van der Waals surface area (Å²) in [5.41, 5.74) is 3.67. The first kappa shape index (κ1) is 34.1. The Morgan fingerprint density at radius 3 is 2.35 bits per heavy atom. The molecule has 1 fully saturated rings. The Hall–Kier alpha value is -4.77. The third-order valence-electron chi connectivity index (χ3n) is 9.00. The number of hydrogen-bond acceptors (Lipinski definition) is 4. The van der Waals surface area contributed by atoms with E-state index in [1.807, 2.05) is 66.7 Å². The number of benzene rings is 3. The van der Waals surface area contributed by atoms with E-state index in [4.69, 9.17) is 4.74 Å². The number of nitrogens with one attached hydrogen (secondary N) is 1. The van der Waals surface area contributed by atoms with Crippen LogP contribution in [-0.2, 0) is 30.4 Å². The molecule has 0 radical (unpaired) electrons. The van der Waals surface area contributed by atoms with Gasteiger partial charge in [0.05, 0.1) is 28.7 Å². The maximum Gasteiger partial charge on any atom is 0.417 e. The van der Waals surface area contributed by atoms with E-state index in [0.29, 0.717) is 30.0 Å². The molecule has 3 heterocycles. The lowest BCUT2D eigenvalue weighted by molar-refractivity contribution is -0.146. The molecule has 1 saturated heterocycles. The molecule has 1 atom stereocenters. The van der Waals surface area contributed by atoms with Crippen LogP contribution in [0.2, 0.25) is 0 Å². The van der Waals surface area contributed by atoms with Crippen LogP contribution in [-0.4, -0.2) is 45.7 Å². The average molecular weight is 678 g/mol. The highest BCUT2D eigenvalue weighted by Crippen LogP contribution is 2.37. The maximum atomic E-state index is 13.8. The smallest absolute Gasteiger partial charge is 0.417 e. The number of hydrogen-bond donors (Lipinski definition) is 2. The predicted molar refractivity (Wildman–Crippen MR) is 177 cm³/mol. The number of alkyl halides is 5. The topological polar surface area (TPSA) is 76.4 Å². The molecule has 0 bridgehead atoms. The first-order valence-electron chi connectivity index (χ1n) is 16.0. The van der Waals surface area contributed by atoms with Gasteiger partial charge in [-0.1, -0.05) is 54.6 Å². The van der Waals surface area contributed by atoms with E-state index in [9.17, 15) is 31.9 Å². The lowest BCUT2D eigenvalue weighted by atomic mass is 9.85. The van der Waals surface area contributed by atoms with Crippen molar-refractivity contribution >= 4 is 16.9 Å². The van der Waals surface area contributed by atoms with Gasteiger partial charge in [0.15, 0.2) is 0 Å². The molecule has 2 aromatic heterocycles. The first-order chi connectivity index (χ1) is 23.2. The van der Waals surface area contributed by atoms with Crippen molar-refractivity contribution in [1.82, 2.24) is 14.9 Å². The van der Waals surface area contributed by atoms with Crippen LogP contribution < -0.4 is 10.1 Å². The SMILES string of the molecule is CC(C)(Cc1c(Cc2ccc(-c3ccc(C(F)(F)F)cn3)cc2)c2ccc(OCC3CC(F)(F)CN3)cc2n1Cc1ccccc1)C(=O)O. The van der Waals surface area contributed by atoms with Crippen LogP contribution >= 0.6 is 0 Å². The Balaban J connectivity index is 1.38. The van der Waals surface area contributed by atoms with Crippen LogP contribution in [0.25, 0.3) is 22.2 Å². The number of halogens is 5. The molecule has 0 amide bonds. The van der Waals surface area contributed by atoms with Crippen LogP contribution in [0.3, 0.4) is 0 Å². The summed E-state index contributed by atoms with van der Waals surface area (Å²) in [4.78, 5) is 16.4. The van der Waals surface area contributed by atoms with E-state index < -0.39 is 35.1 Å². The molecule has 1 aliphatic rings. The lowest BCUT2D eigenvalue weighted by Crippen LogP contribution is -2.28. The number of carboxylic acid groups (broad SMARTS) is 1. The van der Waals surface area contributed by atoms with E-state index in [1.54, 1.807) is 19.9 Å². The summed E-state index contributed by atoms with van der Waals surface area (Å²) in [7, 11) is 0. The summed E-state index contributed by atoms with van der Waals surface area (Å²) < 4.78 is 74.8. The van der Waals surface area contributed by atoms with Gasteiger partial charge in [0, 0.05) is 54.3 Å². The van der Waals surface area contributed by atoms with Crippen molar-refractivity contribution in [3.05, 3.63) is 119 Å². The van der Waals surface area contributed by atoms with E-state index in [2.05, 4.69) is 14.9 Å². The van der Waals surface area contributed by atoms with E-state index in [0.717, 1.165) is 45.6 Å². The number of carbonyl (C=O) groups is 1. The number of fused-ring (bicyclic) bond motifs is 1. The van der Waals surface area contributed by atoms with Gasteiger partial charge in [-0.05, 0) is 61.2 Å². The number of nitrogens with zero attached hydrogens (tertiary/aromatic N) is 2. The van der Waals surface area contributed by atoms with E-state index >= 15 is 0 Å². The Bertz CT molecular complexity index is 1940. The van der Waals surface area contributed by atoms with Crippen LogP contribution in [0.5, 0.6) is 5.75 Å². The van der Waals surface area contributed by atoms with Crippen molar-refractivity contribution in [2.24, 2.45) is 5.41 Å². The van der Waals surface area contributed by atoms with Crippen LogP contribution in [0, 0.1) is 5.41 Å². The van der Waals surface area contributed by atoms with Crippen LogP contribution in [0.1, 0.15) is 48.2 Å². The number of rotatable bonds is 11. The summed E-state index contributed by atoms with van der Waals surface area (Å²) in [5.74, 6) is -3.19. The number of ether oxygens (including phenoxy) is 1. The fraction of sp³-hybridized carbons (Fsp3) is 0.316. The van der Waals surface area contributed by atoms with Gasteiger partial charge < -0.3 is 19.7 Å². The van der Waals surface area contributed by atoms with Gasteiger partial charge in [-0.15, -0.1) is 0 Å². The molecule has 11 heteroatoms. The summed E-state index contributed by atoms with van der Waals surface area (Å²) in [6.07, 6.45) is -3.28. The monoisotopic (exact) mass is 677 g/mol. The third kappa shape index (κ3) is 7.77. The van der Waals surface area contributed by atoms with Gasteiger partial charge in [0.25, 0.3) is 5.92 Å². The standard InChI is InChI=1S/C38H36F5N3O3/c1-36(2,35(47)48)19-34-31(16-24-8-10-26(11-9-24)32-15-12-27(20-44-32)38(41,42)43)30-14-13-29(49-22-28-18-37(39,40)23-45-28)17-33(30)46(34)21-25-6-4-3-5-7-25/h3-15,17,20,28,45H,16,18-19,21-23H2,1-2H3,(H,47,48). The second-order valence-corrected chi connectivity index (χ2v) is 13.3. The molecular weight excluding hydrogens is 641 g/mol. The predicted octanol–water partition coefficient (Wildman–Crippen LogP) is 8.39. The van der Waals surface area contributed by atoms with Crippen LogP contribution in [0.15, 0.2) is 91.1 Å². The molecule has 2 N–H and O–H groups in total. The normalized spacial score (nSPS) is 16.3. The van der Waals surface area contributed by atoms with E-state index in [1.165, 1.54) is 6.07 Å². The van der Waals surface area contributed by atoms with Crippen molar-refractivity contribution in [2.45, 2.75) is 57.8 Å². The second-order valence-electron chi connectivity index (χ2n) is 13.3. The van der Waals surface area contributed by atoms with Crippen molar-refractivity contribution < 1.29 is 36.6 Å². The van der Waals surface area contributed by atoms with Gasteiger partial charge >= 0.3 is 12.1 Å². The Morgan fingerprint density at radius 2 is 1.73 bits per heavy atom. The zero-order valence-corrected chi connectivity index (χ0v) is 27.0. The minimum Gasteiger partial charge on any atom is -0.492 e. The van der Waals surface area contributed by atoms with E-state index in [-0.39, 0.29) is 26.0 Å². The van der Waals surface area contributed by atoms with Gasteiger partial charge in [-0.2, -0.15) is 13.2 Å². The lowest BCUT2D eigenvalue weighted by Gasteiger charge is -2.22.